The molecule has 2 rings (SSSR count). The number of hydrogen-bond acceptors (Lipinski definition) is 4. The van der Waals surface area contributed by atoms with Crippen LogP contribution in [-0.2, 0) is 20.6 Å². The molecule has 6 nitrogen and oxygen atoms in total. The molecule has 0 aromatic carbocycles. The van der Waals surface area contributed by atoms with Gasteiger partial charge in [0.2, 0.25) is 0 Å². The second-order valence-electron chi connectivity index (χ2n) is 5.33. The average molecular weight is 266 g/mol. The van der Waals surface area contributed by atoms with Crippen LogP contribution >= 0.6 is 0 Å². The van der Waals surface area contributed by atoms with Crippen LogP contribution in [0.2, 0.25) is 0 Å². The van der Waals surface area contributed by atoms with Crippen molar-refractivity contribution in [3.8, 4) is 0 Å². The monoisotopic (exact) mass is 266 g/mol. The lowest BCUT2D eigenvalue weighted by Crippen LogP contribution is -2.41. The topological polar surface area (TPSA) is 73.3 Å². The third-order valence-electron chi connectivity index (χ3n) is 4.05. The van der Waals surface area contributed by atoms with Gasteiger partial charge in [-0.3, -0.25) is 18.8 Å². The molecule has 106 valence electrons. The van der Waals surface area contributed by atoms with Gasteiger partial charge in [0.1, 0.15) is 0 Å². The standard InChI is InChI=1S/C13H22N4O2/c1-15-11(7-12(18)16(2)13(15)19)9-17-5-3-10(8-14)4-6-17/h7,10H,3-6,8-9,14H2,1-2H3. The van der Waals surface area contributed by atoms with E-state index in [1.54, 1.807) is 17.7 Å². The predicted molar refractivity (Wildman–Crippen MR) is 74.0 cm³/mol. The smallest absolute Gasteiger partial charge is 0.330 e. The number of rotatable bonds is 3. The van der Waals surface area contributed by atoms with Crippen LogP contribution in [0.5, 0.6) is 0 Å². The van der Waals surface area contributed by atoms with Crippen molar-refractivity contribution < 1.29 is 0 Å². The fourth-order valence-corrected chi connectivity index (χ4v) is 2.54. The summed E-state index contributed by atoms with van der Waals surface area (Å²) in [6.45, 7) is 3.36. The molecule has 0 amide bonds. The van der Waals surface area contributed by atoms with Gasteiger partial charge in [0.25, 0.3) is 5.56 Å². The van der Waals surface area contributed by atoms with E-state index in [4.69, 9.17) is 5.73 Å². The van der Waals surface area contributed by atoms with Crippen molar-refractivity contribution >= 4 is 0 Å². The number of hydrogen-bond donors (Lipinski definition) is 1. The Balaban J connectivity index is 2.13. The first-order chi connectivity index (χ1) is 9.02. The maximum Gasteiger partial charge on any atom is 0.330 e. The summed E-state index contributed by atoms with van der Waals surface area (Å²) in [6.07, 6.45) is 2.19. The quantitative estimate of drug-likeness (QED) is 0.781. The molecule has 0 spiro atoms. The van der Waals surface area contributed by atoms with Gasteiger partial charge >= 0.3 is 5.69 Å². The Kier molecular flexibility index (Phi) is 4.21. The number of nitrogens with zero attached hydrogens (tertiary/aromatic N) is 3. The summed E-state index contributed by atoms with van der Waals surface area (Å²) in [5, 5.41) is 0. The van der Waals surface area contributed by atoms with E-state index >= 15 is 0 Å². The summed E-state index contributed by atoms with van der Waals surface area (Å²) in [5.74, 6) is 0.615. The lowest BCUT2D eigenvalue weighted by atomic mass is 9.97. The van der Waals surface area contributed by atoms with Gasteiger partial charge in [0, 0.05) is 32.4 Å². The number of aromatic nitrogens is 2. The first-order valence-corrected chi connectivity index (χ1v) is 6.71. The van der Waals surface area contributed by atoms with E-state index in [9.17, 15) is 9.59 Å². The van der Waals surface area contributed by atoms with Gasteiger partial charge in [-0.25, -0.2) is 4.79 Å². The summed E-state index contributed by atoms with van der Waals surface area (Å²) < 4.78 is 2.68. The predicted octanol–water partition coefficient (Wildman–Crippen LogP) is -0.745. The normalized spacial score (nSPS) is 17.8. The summed E-state index contributed by atoms with van der Waals surface area (Å²) in [5.41, 5.74) is 5.95. The Morgan fingerprint density at radius 3 is 2.42 bits per heavy atom. The minimum absolute atomic E-state index is 0.241. The average Bonchev–Trinajstić information content (AvgIpc) is 2.43. The molecule has 1 aromatic rings. The van der Waals surface area contributed by atoms with Crippen LogP contribution < -0.4 is 17.0 Å². The summed E-state index contributed by atoms with van der Waals surface area (Å²) in [7, 11) is 3.21. The Morgan fingerprint density at radius 2 is 1.84 bits per heavy atom. The summed E-state index contributed by atoms with van der Waals surface area (Å²) >= 11 is 0. The van der Waals surface area contributed by atoms with E-state index in [1.165, 1.54) is 7.05 Å². The van der Waals surface area contributed by atoms with Gasteiger partial charge in [-0.15, -0.1) is 0 Å². The molecule has 0 saturated carbocycles. The highest BCUT2D eigenvalue weighted by Gasteiger charge is 2.19. The van der Waals surface area contributed by atoms with Crippen molar-refractivity contribution in [1.82, 2.24) is 14.0 Å². The second-order valence-corrected chi connectivity index (χ2v) is 5.33. The first kappa shape index (κ1) is 14.0. The fraction of sp³-hybridized carbons (Fsp3) is 0.692. The van der Waals surface area contributed by atoms with Crippen molar-refractivity contribution in [2.45, 2.75) is 19.4 Å². The third-order valence-corrected chi connectivity index (χ3v) is 4.05. The molecule has 0 radical (unpaired) electrons. The molecule has 0 aliphatic carbocycles. The van der Waals surface area contributed by atoms with Crippen molar-refractivity contribution in [3.63, 3.8) is 0 Å². The zero-order valence-corrected chi connectivity index (χ0v) is 11.6. The summed E-state index contributed by atoms with van der Waals surface area (Å²) in [4.78, 5) is 25.8. The van der Waals surface area contributed by atoms with Crippen molar-refractivity contribution in [2.24, 2.45) is 25.7 Å². The molecule has 6 heteroatoms. The van der Waals surface area contributed by atoms with E-state index in [1.807, 2.05) is 0 Å². The van der Waals surface area contributed by atoms with E-state index in [-0.39, 0.29) is 11.2 Å². The zero-order valence-electron chi connectivity index (χ0n) is 11.6. The molecule has 0 bridgehead atoms. The lowest BCUT2D eigenvalue weighted by Gasteiger charge is -2.31. The SMILES string of the molecule is Cn1c(CN2CCC(CN)CC2)cc(=O)n(C)c1=O. The fourth-order valence-electron chi connectivity index (χ4n) is 2.54. The molecular weight excluding hydrogens is 244 g/mol. The van der Waals surface area contributed by atoms with Crippen LogP contribution in [0.4, 0.5) is 0 Å². The zero-order chi connectivity index (χ0) is 14.0. The van der Waals surface area contributed by atoms with E-state index in [2.05, 4.69) is 4.90 Å². The number of nitrogens with two attached hydrogens (primary N) is 1. The highest BCUT2D eigenvalue weighted by atomic mass is 16.2. The van der Waals surface area contributed by atoms with Crippen LogP contribution in [0.1, 0.15) is 18.5 Å². The van der Waals surface area contributed by atoms with Crippen molar-refractivity contribution in [3.05, 3.63) is 32.6 Å². The molecule has 2 heterocycles. The Bertz CT molecular complexity index is 553. The molecule has 1 aromatic heterocycles. The van der Waals surface area contributed by atoms with Gasteiger partial charge in [0.05, 0.1) is 0 Å². The van der Waals surface area contributed by atoms with Crippen LogP contribution in [0.15, 0.2) is 15.7 Å². The van der Waals surface area contributed by atoms with Gasteiger partial charge < -0.3 is 5.73 Å². The maximum atomic E-state index is 11.8. The van der Waals surface area contributed by atoms with Crippen molar-refractivity contribution in [1.29, 1.82) is 0 Å². The summed E-state index contributed by atoms with van der Waals surface area (Å²) in [6, 6.07) is 1.55. The minimum Gasteiger partial charge on any atom is -0.330 e. The van der Waals surface area contributed by atoms with E-state index in [0.29, 0.717) is 12.5 Å². The third kappa shape index (κ3) is 2.96. The molecular formula is C13H22N4O2. The molecule has 1 saturated heterocycles. The van der Waals surface area contributed by atoms with Gasteiger partial charge in [-0.2, -0.15) is 0 Å². The molecule has 1 aliphatic heterocycles. The Hall–Kier alpha value is -1.40. The Labute approximate surface area is 112 Å². The van der Waals surface area contributed by atoms with Crippen LogP contribution in [-0.4, -0.2) is 33.7 Å². The van der Waals surface area contributed by atoms with E-state index < -0.39 is 0 Å². The number of likely N-dealkylation sites (tertiary alicyclic amines) is 1. The van der Waals surface area contributed by atoms with Crippen LogP contribution in [0.25, 0.3) is 0 Å². The van der Waals surface area contributed by atoms with Crippen LogP contribution in [0.3, 0.4) is 0 Å². The molecule has 19 heavy (non-hydrogen) atoms. The Morgan fingerprint density at radius 1 is 1.21 bits per heavy atom. The number of piperidine rings is 1. The first-order valence-electron chi connectivity index (χ1n) is 6.71. The molecule has 0 atom stereocenters. The second kappa shape index (κ2) is 5.71. The highest BCUT2D eigenvalue weighted by molar-refractivity contribution is 5.02. The van der Waals surface area contributed by atoms with Gasteiger partial charge in [-0.05, 0) is 38.4 Å². The van der Waals surface area contributed by atoms with E-state index in [0.717, 1.165) is 42.7 Å². The largest absolute Gasteiger partial charge is 0.330 e. The molecule has 1 fully saturated rings. The molecule has 0 unspecified atom stereocenters. The van der Waals surface area contributed by atoms with Crippen LogP contribution in [0, 0.1) is 5.92 Å². The van der Waals surface area contributed by atoms with Gasteiger partial charge in [0.15, 0.2) is 0 Å². The lowest BCUT2D eigenvalue weighted by molar-refractivity contribution is 0.176. The molecule has 1 aliphatic rings. The maximum absolute atomic E-state index is 11.8. The van der Waals surface area contributed by atoms with Gasteiger partial charge in [-0.1, -0.05) is 0 Å². The molecule has 2 N–H and O–H groups in total. The minimum atomic E-state index is -0.264. The van der Waals surface area contributed by atoms with Crippen molar-refractivity contribution in [2.75, 3.05) is 19.6 Å². The highest BCUT2D eigenvalue weighted by Crippen LogP contribution is 2.17.